The molecule has 0 heterocycles. The Morgan fingerprint density at radius 1 is 1.29 bits per heavy atom. The van der Waals surface area contributed by atoms with E-state index in [2.05, 4.69) is 39.8 Å². The molecule has 0 aromatic rings. The predicted molar refractivity (Wildman–Crippen MR) is 68.8 cm³/mol. The highest BCUT2D eigenvalue weighted by Crippen LogP contribution is 2.69. The fourth-order valence-electron chi connectivity index (χ4n) is 3.29. The Morgan fingerprint density at radius 2 is 1.94 bits per heavy atom. The van der Waals surface area contributed by atoms with Gasteiger partial charge in [0.2, 0.25) is 0 Å². The van der Waals surface area contributed by atoms with E-state index in [-0.39, 0.29) is 16.9 Å². The first-order valence-electron chi connectivity index (χ1n) is 6.73. The standard InChI is InChI=1S/C14H25NO2/c1-6-7-8-17-15-11-9-10(13(9,2)3)12(16)14(11,4)5/h9-10,12,16H,6-8H2,1-5H3/b15-11-/t9-,10+,12-/m0/s1. The highest BCUT2D eigenvalue weighted by molar-refractivity contribution is 5.98. The van der Waals surface area contributed by atoms with E-state index in [9.17, 15) is 5.11 Å². The van der Waals surface area contributed by atoms with E-state index in [4.69, 9.17) is 4.84 Å². The van der Waals surface area contributed by atoms with E-state index in [0.29, 0.717) is 18.4 Å². The van der Waals surface area contributed by atoms with Gasteiger partial charge in [0.25, 0.3) is 0 Å². The third-order valence-corrected chi connectivity index (χ3v) is 4.70. The summed E-state index contributed by atoms with van der Waals surface area (Å²) in [5, 5.41) is 14.7. The second-order valence-electron chi connectivity index (χ2n) is 6.65. The number of aliphatic hydroxyl groups is 1. The molecular weight excluding hydrogens is 214 g/mol. The lowest BCUT2D eigenvalue weighted by atomic mass is 9.78. The van der Waals surface area contributed by atoms with Crippen LogP contribution >= 0.6 is 0 Å². The Labute approximate surface area is 104 Å². The Hall–Kier alpha value is -0.570. The molecule has 0 aromatic heterocycles. The average molecular weight is 239 g/mol. The Kier molecular flexibility index (Phi) is 3.01. The minimum atomic E-state index is -0.281. The smallest absolute Gasteiger partial charge is 0.117 e. The summed E-state index contributed by atoms with van der Waals surface area (Å²) in [4.78, 5) is 5.41. The summed E-state index contributed by atoms with van der Waals surface area (Å²) in [6.45, 7) is 11.4. The zero-order chi connectivity index (χ0) is 12.8. The molecule has 2 rings (SSSR count). The van der Waals surface area contributed by atoms with Crippen molar-refractivity contribution in [3.63, 3.8) is 0 Å². The van der Waals surface area contributed by atoms with Gasteiger partial charge in [0.1, 0.15) is 6.61 Å². The lowest BCUT2D eigenvalue weighted by molar-refractivity contribution is 0.0657. The Balaban J connectivity index is 2.09. The van der Waals surface area contributed by atoms with Gasteiger partial charge in [0.15, 0.2) is 0 Å². The average Bonchev–Trinajstić information content (AvgIpc) is 2.71. The molecule has 2 aliphatic carbocycles. The minimum Gasteiger partial charge on any atom is -0.396 e. The molecule has 0 amide bonds. The molecule has 0 radical (unpaired) electrons. The van der Waals surface area contributed by atoms with Crippen molar-refractivity contribution < 1.29 is 9.94 Å². The maximum atomic E-state index is 10.3. The summed E-state index contributed by atoms with van der Waals surface area (Å²) >= 11 is 0. The van der Waals surface area contributed by atoms with E-state index >= 15 is 0 Å². The van der Waals surface area contributed by atoms with Gasteiger partial charge in [0.05, 0.1) is 11.8 Å². The number of nitrogens with zero attached hydrogens (tertiary/aromatic N) is 1. The van der Waals surface area contributed by atoms with Crippen LogP contribution in [0.3, 0.4) is 0 Å². The first kappa shape index (κ1) is 12.9. The summed E-state index contributed by atoms with van der Waals surface area (Å²) in [6.07, 6.45) is 1.88. The molecule has 2 aliphatic rings. The third kappa shape index (κ3) is 1.79. The SMILES string of the molecule is CCCCO/N=C1/[C@@H]2[C@H]([C@H](O)C1(C)C)C2(C)C. The molecule has 1 N–H and O–H groups in total. The molecule has 2 fully saturated rings. The maximum absolute atomic E-state index is 10.3. The van der Waals surface area contributed by atoms with Crippen molar-refractivity contribution in [1.82, 2.24) is 0 Å². The van der Waals surface area contributed by atoms with Gasteiger partial charge in [-0.3, -0.25) is 0 Å². The fraction of sp³-hybridized carbons (Fsp3) is 0.929. The largest absolute Gasteiger partial charge is 0.396 e. The molecule has 0 unspecified atom stereocenters. The molecule has 3 nitrogen and oxygen atoms in total. The molecule has 3 heteroatoms. The fourth-order valence-corrected chi connectivity index (χ4v) is 3.29. The second-order valence-corrected chi connectivity index (χ2v) is 6.65. The van der Waals surface area contributed by atoms with Crippen LogP contribution in [0.2, 0.25) is 0 Å². The number of fused-ring (bicyclic) bond motifs is 1. The van der Waals surface area contributed by atoms with Crippen LogP contribution in [-0.4, -0.2) is 23.5 Å². The number of rotatable bonds is 4. The number of aliphatic hydroxyl groups excluding tert-OH is 1. The molecule has 2 saturated carbocycles. The van der Waals surface area contributed by atoms with Gasteiger partial charge in [-0.25, -0.2) is 0 Å². The van der Waals surface area contributed by atoms with Crippen molar-refractivity contribution in [3.8, 4) is 0 Å². The zero-order valence-electron chi connectivity index (χ0n) is 11.7. The van der Waals surface area contributed by atoms with Gasteiger partial charge in [-0.15, -0.1) is 0 Å². The minimum absolute atomic E-state index is 0.196. The van der Waals surface area contributed by atoms with Crippen molar-refractivity contribution in [2.24, 2.45) is 27.8 Å². The van der Waals surface area contributed by atoms with E-state index < -0.39 is 0 Å². The van der Waals surface area contributed by atoms with Crippen molar-refractivity contribution >= 4 is 5.71 Å². The molecule has 0 spiro atoms. The summed E-state index contributed by atoms with van der Waals surface area (Å²) in [5.41, 5.74) is 1.04. The van der Waals surface area contributed by atoms with E-state index in [0.717, 1.165) is 18.6 Å². The lowest BCUT2D eigenvalue weighted by Crippen LogP contribution is -2.37. The van der Waals surface area contributed by atoms with Gasteiger partial charge in [-0.05, 0) is 11.8 Å². The number of hydrogen-bond acceptors (Lipinski definition) is 3. The van der Waals surface area contributed by atoms with Crippen LogP contribution in [0.5, 0.6) is 0 Å². The molecule has 0 aromatic carbocycles. The molecular formula is C14H25NO2. The van der Waals surface area contributed by atoms with Crippen LogP contribution in [-0.2, 0) is 4.84 Å². The Morgan fingerprint density at radius 3 is 2.47 bits per heavy atom. The van der Waals surface area contributed by atoms with Crippen LogP contribution < -0.4 is 0 Å². The maximum Gasteiger partial charge on any atom is 0.117 e. The summed E-state index contributed by atoms with van der Waals surface area (Å²) in [5.74, 6) is 0.778. The topological polar surface area (TPSA) is 41.8 Å². The van der Waals surface area contributed by atoms with Gasteiger partial charge in [0, 0.05) is 17.3 Å². The van der Waals surface area contributed by atoms with Crippen molar-refractivity contribution in [2.75, 3.05) is 6.61 Å². The van der Waals surface area contributed by atoms with Crippen molar-refractivity contribution in [1.29, 1.82) is 0 Å². The van der Waals surface area contributed by atoms with Gasteiger partial charge in [-0.2, -0.15) is 0 Å². The highest BCUT2D eigenvalue weighted by atomic mass is 16.6. The highest BCUT2D eigenvalue weighted by Gasteiger charge is 2.73. The van der Waals surface area contributed by atoms with E-state index in [1.807, 2.05) is 0 Å². The molecule has 98 valence electrons. The molecule has 3 atom stereocenters. The first-order chi connectivity index (χ1) is 7.85. The first-order valence-corrected chi connectivity index (χ1v) is 6.73. The summed E-state index contributed by atoms with van der Waals surface area (Å²) in [6, 6.07) is 0. The van der Waals surface area contributed by atoms with Crippen LogP contribution in [0.1, 0.15) is 47.5 Å². The van der Waals surface area contributed by atoms with Crippen LogP contribution in [0.15, 0.2) is 5.16 Å². The van der Waals surface area contributed by atoms with Crippen LogP contribution in [0.25, 0.3) is 0 Å². The molecule has 0 saturated heterocycles. The van der Waals surface area contributed by atoms with Gasteiger partial charge < -0.3 is 9.94 Å². The van der Waals surface area contributed by atoms with Gasteiger partial charge >= 0.3 is 0 Å². The normalized spacial score (nSPS) is 39.2. The van der Waals surface area contributed by atoms with Gasteiger partial charge in [-0.1, -0.05) is 46.2 Å². The summed E-state index contributed by atoms with van der Waals surface area (Å²) < 4.78 is 0. The van der Waals surface area contributed by atoms with Crippen LogP contribution in [0, 0.1) is 22.7 Å². The third-order valence-electron chi connectivity index (χ3n) is 4.70. The quantitative estimate of drug-likeness (QED) is 0.605. The molecule has 0 bridgehead atoms. The van der Waals surface area contributed by atoms with E-state index in [1.165, 1.54) is 0 Å². The predicted octanol–water partition coefficient (Wildman–Crippen LogP) is 2.83. The monoisotopic (exact) mass is 239 g/mol. The second kappa shape index (κ2) is 3.98. The number of unbranched alkanes of at least 4 members (excludes halogenated alkanes) is 1. The Bertz CT molecular complexity index is 333. The number of hydrogen-bond donors (Lipinski definition) is 1. The molecule has 17 heavy (non-hydrogen) atoms. The number of oxime groups is 1. The van der Waals surface area contributed by atoms with Crippen LogP contribution in [0.4, 0.5) is 0 Å². The van der Waals surface area contributed by atoms with Crippen molar-refractivity contribution in [2.45, 2.75) is 53.6 Å². The van der Waals surface area contributed by atoms with E-state index in [1.54, 1.807) is 0 Å². The zero-order valence-corrected chi connectivity index (χ0v) is 11.7. The lowest BCUT2D eigenvalue weighted by Gasteiger charge is -2.30. The van der Waals surface area contributed by atoms with Crippen molar-refractivity contribution in [3.05, 3.63) is 0 Å². The summed E-state index contributed by atoms with van der Waals surface area (Å²) in [7, 11) is 0. The molecule has 0 aliphatic heterocycles.